The lowest BCUT2D eigenvalue weighted by atomic mass is 9.96. The predicted octanol–water partition coefficient (Wildman–Crippen LogP) is 2.39. The summed E-state index contributed by atoms with van der Waals surface area (Å²) < 4.78 is 4.65. The van der Waals surface area contributed by atoms with E-state index >= 15 is 0 Å². The summed E-state index contributed by atoms with van der Waals surface area (Å²) in [5.41, 5.74) is 1.51. The largest absolute Gasteiger partial charge is 0.465 e. The van der Waals surface area contributed by atoms with E-state index in [2.05, 4.69) is 26.0 Å². The van der Waals surface area contributed by atoms with Crippen LogP contribution in [-0.4, -0.2) is 43.6 Å². The van der Waals surface area contributed by atoms with E-state index < -0.39 is 5.97 Å². The van der Waals surface area contributed by atoms with Crippen LogP contribution in [0.1, 0.15) is 39.1 Å². The van der Waals surface area contributed by atoms with Crippen LogP contribution in [0.2, 0.25) is 0 Å². The van der Waals surface area contributed by atoms with Crippen molar-refractivity contribution >= 4 is 17.7 Å². The molecule has 144 valence electrons. The van der Waals surface area contributed by atoms with Crippen LogP contribution in [0.3, 0.4) is 0 Å². The molecule has 1 saturated heterocycles. The molecule has 28 heavy (non-hydrogen) atoms. The Morgan fingerprint density at radius 1 is 1.21 bits per heavy atom. The molecule has 0 atom stereocenters. The monoisotopic (exact) mass is 378 g/mol. The molecular weight excluding hydrogens is 356 g/mol. The first-order chi connectivity index (χ1) is 13.6. The molecule has 7 heteroatoms. The van der Waals surface area contributed by atoms with Gasteiger partial charge in [-0.2, -0.15) is 5.26 Å². The maximum absolute atomic E-state index is 12.3. The van der Waals surface area contributed by atoms with Gasteiger partial charge in [-0.1, -0.05) is 0 Å². The van der Waals surface area contributed by atoms with Crippen LogP contribution in [0, 0.1) is 17.2 Å². The maximum Gasteiger partial charge on any atom is 0.337 e. The highest BCUT2D eigenvalue weighted by Gasteiger charge is 2.22. The van der Waals surface area contributed by atoms with Crippen molar-refractivity contribution in [1.82, 2.24) is 10.3 Å². The van der Waals surface area contributed by atoms with Gasteiger partial charge < -0.3 is 15.0 Å². The van der Waals surface area contributed by atoms with Gasteiger partial charge in [0.1, 0.15) is 11.9 Å². The number of benzene rings is 1. The summed E-state index contributed by atoms with van der Waals surface area (Å²) in [5.74, 6) is 0.531. The summed E-state index contributed by atoms with van der Waals surface area (Å²) in [5, 5.41) is 12.2. The van der Waals surface area contributed by atoms with Gasteiger partial charge in [-0.15, -0.1) is 0 Å². The number of anilines is 1. The lowest BCUT2D eigenvalue weighted by Crippen LogP contribution is -2.39. The molecular formula is C21H22N4O3. The zero-order valence-corrected chi connectivity index (χ0v) is 15.7. The fourth-order valence-corrected chi connectivity index (χ4v) is 3.30. The molecule has 0 bridgehead atoms. The van der Waals surface area contributed by atoms with Crippen molar-refractivity contribution in [2.24, 2.45) is 5.92 Å². The maximum atomic E-state index is 12.3. The van der Waals surface area contributed by atoms with Crippen LogP contribution < -0.4 is 10.2 Å². The summed E-state index contributed by atoms with van der Waals surface area (Å²) >= 11 is 0. The van der Waals surface area contributed by atoms with Gasteiger partial charge in [0, 0.05) is 31.4 Å². The SMILES string of the molecule is COC(=O)c1ccc(C(=O)NCC2CCN(c3ncccc3C#N)CC2)cc1. The number of methoxy groups -OCH3 is 1. The van der Waals surface area contributed by atoms with E-state index in [9.17, 15) is 14.9 Å². The van der Waals surface area contributed by atoms with Crippen molar-refractivity contribution in [3.63, 3.8) is 0 Å². The minimum atomic E-state index is -0.425. The zero-order valence-electron chi connectivity index (χ0n) is 15.7. The molecule has 3 rings (SSSR count). The molecule has 1 N–H and O–H groups in total. The van der Waals surface area contributed by atoms with Gasteiger partial charge in [-0.05, 0) is 55.2 Å². The zero-order chi connectivity index (χ0) is 19.9. The third-order valence-corrected chi connectivity index (χ3v) is 4.94. The fraction of sp³-hybridized carbons (Fsp3) is 0.333. The number of carbonyl (C=O) groups excluding carboxylic acids is 2. The van der Waals surface area contributed by atoms with E-state index in [0.717, 1.165) is 31.7 Å². The van der Waals surface area contributed by atoms with Gasteiger partial charge in [0.2, 0.25) is 0 Å². The van der Waals surface area contributed by atoms with Crippen LogP contribution in [0.15, 0.2) is 42.6 Å². The van der Waals surface area contributed by atoms with Crippen LogP contribution in [0.5, 0.6) is 0 Å². The van der Waals surface area contributed by atoms with Crippen molar-refractivity contribution in [2.45, 2.75) is 12.8 Å². The van der Waals surface area contributed by atoms with Gasteiger partial charge in [0.15, 0.2) is 0 Å². The second-order valence-electron chi connectivity index (χ2n) is 6.70. The number of ether oxygens (including phenoxy) is 1. The van der Waals surface area contributed by atoms with E-state index in [1.54, 1.807) is 42.6 Å². The second kappa shape index (κ2) is 9.00. The Kier molecular flexibility index (Phi) is 6.22. The number of nitriles is 1. The molecule has 2 aromatic rings. The third-order valence-electron chi connectivity index (χ3n) is 4.94. The molecule has 1 aliphatic rings. The van der Waals surface area contributed by atoms with Gasteiger partial charge in [-0.25, -0.2) is 9.78 Å². The Hall–Kier alpha value is -3.40. The Labute approximate surface area is 163 Å². The van der Waals surface area contributed by atoms with E-state index in [4.69, 9.17) is 0 Å². The quantitative estimate of drug-likeness (QED) is 0.803. The van der Waals surface area contributed by atoms with Gasteiger partial charge in [-0.3, -0.25) is 4.79 Å². The number of rotatable bonds is 5. The number of piperidine rings is 1. The number of hydrogen-bond acceptors (Lipinski definition) is 6. The first kappa shape index (κ1) is 19.4. The van der Waals surface area contributed by atoms with E-state index in [0.29, 0.717) is 29.2 Å². The summed E-state index contributed by atoms with van der Waals surface area (Å²) in [7, 11) is 1.32. The smallest absolute Gasteiger partial charge is 0.337 e. The first-order valence-electron chi connectivity index (χ1n) is 9.19. The second-order valence-corrected chi connectivity index (χ2v) is 6.70. The molecule has 2 heterocycles. The summed E-state index contributed by atoms with van der Waals surface area (Å²) in [4.78, 5) is 30.2. The summed E-state index contributed by atoms with van der Waals surface area (Å²) in [6.45, 7) is 2.21. The van der Waals surface area contributed by atoms with Crippen LogP contribution in [0.4, 0.5) is 5.82 Å². The predicted molar refractivity (Wildman–Crippen MR) is 104 cm³/mol. The average molecular weight is 378 g/mol. The number of esters is 1. The average Bonchev–Trinajstić information content (AvgIpc) is 2.77. The number of nitrogens with zero attached hydrogens (tertiary/aromatic N) is 3. The molecule has 1 aromatic carbocycles. The van der Waals surface area contributed by atoms with Crippen molar-refractivity contribution in [1.29, 1.82) is 5.26 Å². The minimum Gasteiger partial charge on any atom is -0.465 e. The summed E-state index contributed by atoms with van der Waals surface area (Å²) in [6.07, 6.45) is 3.54. The third kappa shape index (κ3) is 4.46. The number of carbonyl (C=O) groups is 2. The van der Waals surface area contributed by atoms with E-state index in [1.165, 1.54) is 7.11 Å². The number of hydrogen-bond donors (Lipinski definition) is 1. The van der Waals surface area contributed by atoms with Crippen LogP contribution in [-0.2, 0) is 4.74 Å². The molecule has 7 nitrogen and oxygen atoms in total. The highest BCUT2D eigenvalue weighted by Crippen LogP contribution is 2.23. The Morgan fingerprint density at radius 3 is 2.54 bits per heavy atom. The molecule has 0 saturated carbocycles. The van der Waals surface area contributed by atoms with Crippen molar-refractivity contribution in [3.05, 3.63) is 59.3 Å². The first-order valence-corrected chi connectivity index (χ1v) is 9.19. The Morgan fingerprint density at radius 2 is 1.89 bits per heavy atom. The highest BCUT2D eigenvalue weighted by molar-refractivity contribution is 5.96. The van der Waals surface area contributed by atoms with E-state index in [1.807, 2.05) is 0 Å². The number of amides is 1. The normalized spacial score (nSPS) is 14.2. The number of aromatic nitrogens is 1. The van der Waals surface area contributed by atoms with Crippen molar-refractivity contribution < 1.29 is 14.3 Å². The fourth-order valence-electron chi connectivity index (χ4n) is 3.30. The molecule has 1 aromatic heterocycles. The van der Waals surface area contributed by atoms with Gasteiger partial charge >= 0.3 is 5.97 Å². The molecule has 1 fully saturated rings. The van der Waals surface area contributed by atoms with Crippen molar-refractivity contribution in [2.75, 3.05) is 31.6 Å². The highest BCUT2D eigenvalue weighted by atomic mass is 16.5. The van der Waals surface area contributed by atoms with Gasteiger partial charge in [0.25, 0.3) is 5.91 Å². The van der Waals surface area contributed by atoms with Gasteiger partial charge in [0.05, 0.1) is 18.2 Å². The Balaban J connectivity index is 1.49. The Bertz CT molecular complexity index is 881. The molecule has 0 spiro atoms. The lowest BCUT2D eigenvalue weighted by molar-refractivity contribution is 0.0600. The van der Waals surface area contributed by atoms with Crippen LogP contribution >= 0.6 is 0 Å². The number of nitrogens with one attached hydrogen (secondary N) is 1. The molecule has 1 amide bonds. The van der Waals surface area contributed by atoms with E-state index in [-0.39, 0.29) is 5.91 Å². The summed E-state index contributed by atoms with van der Waals surface area (Å²) in [6, 6.07) is 12.1. The topological polar surface area (TPSA) is 95.3 Å². The molecule has 1 aliphatic heterocycles. The minimum absolute atomic E-state index is 0.157. The van der Waals surface area contributed by atoms with Crippen LogP contribution in [0.25, 0.3) is 0 Å². The molecule has 0 radical (unpaired) electrons. The molecule has 0 aliphatic carbocycles. The lowest BCUT2D eigenvalue weighted by Gasteiger charge is -2.33. The van der Waals surface area contributed by atoms with Crippen molar-refractivity contribution in [3.8, 4) is 6.07 Å². The molecule has 0 unspecified atom stereocenters. The standard InChI is InChI=1S/C21H22N4O3/c1-28-21(27)17-6-4-16(5-7-17)20(26)24-14-15-8-11-25(12-9-15)19-18(13-22)3-2-10-23-19/h2-7,10,15H,8-9,11-12,14H2,1H3,(H,24,26). The number of pyridine rings is 1.